The summed E-state index contributed by atoms with van der Waals surface area (Å²) < 4.78 is 21.6. The Morgan fingerprint density at radius 2 is 1.77 bits per heavy atom. The molecule has 1 aromatic heterocycles. The number of anilines is 2. The van der Waals surface area contributed by atoms with Gasteiger partial charge in [-0.25, -0.2) is 9.78 Å². The molecule has 0 spiro atoms. The van der Waals surface area contributed by atoms with E-state index >= 15 is 0 Å². The molecular weight excluding hydrogens is 390 g/mol. The van der Waals surface area contributed by atoms with Crippen LogP contribution in [0.3, 0.4) is 0 Å². The minimum absolute atomic E-state index is 0.217. The van der Waals surface area contributed by atoms with Gasteiger partial charge in [0.15, 0.2) is 11.5 Å². The van der Waals surface area contributed by atoms with Gasteiger partial charge in [-0.1, -0.05) is 6.58 Å². The number of amides is 1. The lowest BCUT2D eigenvalue weighted by Crippen LogP contribution is -2.49. The Balaban J connectivity index is 1.86. The number of carbonyl (C=O) groups excluding carboxylic acids is 1. The summed E-state index contributed by atoms with van der Waals surface area (Å²) in [6, 6.07) is 1.73. The fourth-order valence-electron chi connectivity index (χ4n) is 3.25. The average Bonchev–Trinajstić information content (AvgIpc) is 2.76. The lowest BCUT2D eigenvalue weighted by Gasteiger charge is -2.34. The molecule has 10 nitrogen and oxygen atoms in total. The van der Waals surface area contributed by atoms with Crippen LogP contribution in [0.1, 0.15) is 6.92 Å². The van der Waals surface area contributed by atoms with Gasteiger partial charge in [-0.05, 0) is 18.6 Å². The molecule has 0 saturated carbocycles. The summed E-state index contributed by atoms with van der Waals surface area (Å²) >= 11 is 0. The smallest absolute Gasteiger partial charge is 0.410 e. The van der Waals surface area contributed by atoms with E-state index in [1.54, 1.807) is 11.0 Å². The van der Waals surface area contributed by atoms with Gasteiger partial charge in [-0.15, -0.1) is 0 Å². The van der Waals surface area contributed by atoms with Crippen LogP contribution in [-0.4, -0.2) is 75.1 Å². The minimum Gasteiger partial charge on any atom is -0.493 e. The Morgan fingerprint density at radius 3 is 2.33 bits per heavy atom. The van der Waals surface area contributed by atoms with Gasteiger partial charge in [0.25, 0.3) is 0 Å². The summed E-state index contributed by atoms with van der Waals surface area (Å²) in [4.78, 5) is 24.9. The number of nitrogen functional groups attached to an aromatic ring is 1. The topological polar surface area (TPSA) is 112 Å². The fourth-order valence-corrected chi connectivity index (χ4v) is 3.25. The number of rotatable bonds is 6. The summed E-state index contributed by atoms with van der Waals surface area (Å²) in [5, 5.41) is 0.607. The van der Waals surface area contributed by atoms with Crippen LogP contribution in [0.25, 0.3) is 10.9 Å². The zero-order chi connectivity index (χ0) is 21.8. The molecule has 2 N–H and O–H groups in total. The van der Waals surface area contributed by atoms with Crippen molar-refractivity contribution >= 4 is 28.8 Å². The Bertz CT molecular complexity index is 956. The number of ether oxygens (including phenoxy) is 4. The molecule has 1 fully saturated rings. The average molecular weight is 417 g/mol. The van der Waals surface area contributed by atoms with Crippen molar-refractivity contribution < 1.29 is 23.7 Å². The molecule has 0 atom stereocenters. The SMILES string of the molecule is C=C(C)COC(=O)N1CCN(c2nc(N)c3cc(OC)c(OC)c(OC)c3n2)CC1. The van der Waals surface area contributed by atoms with Crippen molar-refractivity contribution in [2.45, 2.75) is 6.92 Å². The van der Waals surface area contributed by atoms with E-state index in [1.165, 1.54) is 21.3 Å². The van der Waals surface area contributed by atoms with Crippen LogP contribution in [0.4, 0.5) is 16.6 Å². The maximum Gasteiger partial charge on any atom is 0.410 e. The Morgan fingerprint density at radius 1 is 1.10 bits per heavy atom. The highest BCUT2D eigenvalue weighted by Crippen LogP contribution is 2.44. The monoisotopic (exact) mass is 417 g/mol. The van der Waals surface area contributed by atoms with Gasteiger partial charge in [-0.3, -0.25) is 0 Å². The van der Waals surface area contributed by atoms with E-state index in [4.69, 9.17) is 24.7 Å². The molecule has 2 heterocycles. The Labute approximate surface area is 175 Å². The van der Waals surface area contributed by atoms with Crippen molar-refractivity contribution in [3.05, 3.63) is 18.2 Å². The van der Waals surface area contributed by atoms with Gasteiger partial charge in [0.05, 0.1) is 26.7 Å². The number of hydrogen-bond acceptors (Lipinski definition) is 9. The normalized spacial score (nSPS) is 13.9. The molecule has 1 aliphatic rings. The maximum atomic E-state index is 12.1. The summed E-state index contributed by atoms with van der Waals surface area (Å²) in [6.07, 6.45) is -0.352. The third-order valence-electron chi connectivity index (χ3n) is 4.77. The molecule has 0 bridgehead atoms. The maximum absolute atomic E-state index is 12.1. The van der Waals surface area contributed by atoms with Crippen LogP contribution >= 0.6 is 0 Å². The molecule has 10 heteroatoms. The molecule has 1 aromatic carbocycles. The third kappa shape index (κ3) is 4.12. The predicted octanol–water partition coefficient (Wildman–Crippen LogP) is 2.07. The van der Waals surface area contributed by atoms with E-state index in [-0.39, 0.29) is 12.7 Å². The molecule has 0 radical (unpaired) electrons. The summed E-state index contributed by atoms with van der Waals surface area (Å²) in [7, 11) is 4.60. The second-order valence-electron chi connectivity index (χ2n) is 6.94. The zero-order valence-electron chi connectivity index (χ0n) is 17.7. The molecule has 3 rings (SSSR count). The highest BCUT2D eigenvalue weighted by molar-refractivity contribution is 5.97. The van der Waals surface area contributed by atoms with Crippen LogP contribution in [0, 0.1) is 0 Å². The van der Waals surface area contributed by atoms with Crippen LogP contribution in [0.5, 0.6) is 17.2 Å². The van der Waals surface area contributed by atoms with Gasteiger partial charge in [-0.2, -0.15) is 4.98 Å². The highest BCUT2D eigenvalue weighted by atomic mass is 16.6. The number of benzene rings is 1. The Hall–Kier alpha value is -3.43. The first-order valence-electron chi connectivity index (χ1n) is 9.46. The van der Waals surface area contributed by atoms with Gasteiger partial charge in [0, 0.05) is 26.2 Å². The molecule has 1 amide bonds. The standard InChI is InChI=1S/C20H27N5O5/c1-12(2)11-30-20(26)25-8-6-24(7-9-25)19-22-15-13(18(21)23-19)10-14(27-3)16(28-4)17(15)29-5/h10H,1,6-9,11H2,2-5H3,(H2,21,22,23). The highest BCUT2D eigenvalue weighted by Gasteiger charge is 2.26. The van der Waals surface area contributed by atoms with Gasteiger partial charge < -0.3 is 34.5 Å². The number of piperazine rings is 1. The van der Waals surface area contributed by atoms with Crippen LogP contribution in [0.15, 0.2) is 18.2 Å². The predicted molar refractivity (Wildman–Crippen MR) is 114 cm³/mol. The summed E-state index contributed by atoms with van der Waals surface area (Å²) in [5.41, 5.74) is 7.55. The number of fused-ring (bicyclic) bond motifs is 1. The molecule has 1 saturated heterocycles. The van der Waals surface area contributed by atoms with Crippen molar-refractivity contribution in [1.29, 1.82) is 0 Å². The van der Waals surface area contributed by atoms with Crippen molar-refractivity contribution in [1.82, 2.24) is 14.9 Å². The lowest BCUT2D eigenvalue weighted by molar-refractivity contribution is 0.108. The number of aromatic nitrogens is 2. The second-order valence-corrected chi connectivity index (χ2v) is 6.94. The van der Waals surface area contributed by atoms with Gasteiger partial charge in [0.2, 0.25) is 11.7 Å². The molecule has 2 aromatic rings. The van der Waals surface area contributed by atoms with Crippen molar-refractivity contribution in [2.24, 2.45) is 0 Å². The van der Waals surface area contributed by atoms with Crippen LogP contribution < -0.4 is 24.8 Å². The second kappa shape index (κ2) is 8.93. The Kier molecular flexibility index (Phi) is 6.34. The van der Waals surface area contributed by atoms with E-state index in [9.17, 15) is 4.79 Å². The van der Waals surface area contributed by atoms with Crippen molar-refractivity contribution in [3.8, 4) is 17.2 Å². The summed E-state index contributed by atoms with van der Waals surface area (Å²) in [5.74, 6) is 2.09. The van der Waals surface area contributed by atoms with Gasteiger partial charge in [0.1, 0.15) is 17.9 Å². The molecular formula is C20H27N5O5. The minimum atomic E-state index is -0.352. The lowest BCUT2D eigenvalue weighted by atomic mass is 10.2. The van der Waals surface area contributed by atoms with Crippen LogP contribution in [0.2, 0.25) is 0 Å². The van der Waals surface area contributed by atoms with Gasteiger partial charge >= 0.3 is 6.09 Å². The first-order chi connectivity index (χ1) is 14.4. The van der Waals surface area contributed by atoms with E-state index < -0.39 is 0 Å². The number of methoxy groups -OCH3 is 3. The largest absolute Gasteiger partial charge is 0.493 e. The molecule has 0 aliphatic carbocycles. The molecule has 1 aliphatic heterocycles. The van der Waals surface area contributed by atoms with E-state index in [0.29, 0.717) is 66.1 Å². The van der Waals surface area contributed by atoms with Crippen molar-refractivity contribution in [3.63, 3.8) is 0 Å². The first kappa shape index (κ1) is 21.3. The number of carbonyl (C=O) groups is 1. The van der Waals surface area contributed by atoms with E-state index in [0.717, 1.165) is 5.57 Å². The molecule has 162 valence electrons. The number of hydrogen-bond donors (Lipinski definition) is 1. The molecule has 0 unspecified atom stereocenters. The van der Waals surface area contributed by atoms with E-state index in [2.05, 4.69) is 16.5 Å². The fraction of sp³-hybridized carbons (Fsp3) is 0.450. The van der Waals surface area contributed by atoms with Crippen LogP contribution in [-0.2, 0) is 4.74 Å². The van der Waals surface area contributed by atoms with E-state index in [1.807, 2.05) is 11.8 Å². The summed E-state index contributed by atoms with van der Waals surface area (Å²) in [6.45, 7) is 7.82. The van der Waals surface area contributed by atoms with Crippen molar-refractivity contribution in [2.75, 3.05) is 64.7 Å². The first-order valence-corrected chi connectivity index (χ1v) is 9.46. The molecule has 30 heavy (non-hydrogen) atoms. The number of nitrogens with two attached hydrogens (primary N) is 1. The quantitative estimate of drug-likeness (QED) is 0.706. The number of nitrogens with zero attached hydrogens (tertiary/aromatic N) is 4. The third-order valence-corrected chi connectivity index (χ3v) is 4.77. The zero-order valence-corrected chi connectivity index (χ0v) is 17.7.